The second-order valence-electron chi connectivity index (χ2n) is 0.447. The van der Waals surface area contributed by atoms with E-state index in [9.17, 15) is 0 Å². The van der Waals surface area contributed by atoms with Crippen LogP contribution in [0.25, 0.3) is 0 Å². The van der Waals surface area contributed by atoms with E-state index in [1.54, 1.807) is 0 Å². The van der Waals surface area contributed by atoms with E-state index < -0.39 is 7.82 Å². The summed E-state index contributed by atoms with van der Waals surface area (Å²) in [6.45, 7) is 0. The van der Waals surface area contributed by atoms with E-state index in [1.165, 1.54) is 0 Å². The molecule has 0 saturated carbocycles. The molecular weight excluding hydrogens is 254 g/mol. The molecule has 0 rings (SSSR count). The van der Waals surface area contributed by atoms with Crippen LogP contribution < -0.4 is 66.1 Å². The maximum atomic E-state index is 8.55. The molecule has 0 aromatic heterocycles. The van der Waals surface area contributed by atoms with Crippen LogP contribution in [0, 0.1) is 0 Å². The summed E-state index contributed by atoms with van der Waals surface area (Å²) in [4.78, 5) is 25.6. The summed E-state index contributed by atoms with van der Waals surface area (Å²) >= 11 is 0. The molecule has 0 aliphatic carbocycles. The first-order valence-corrected chi connectivity index (χ1v) is 2.19. The maximum Gasteiger partial charge on any atom is 2.00 e. The van der Waals surface area contributed by atoms with Gasteiger partial charge in [0.05, 0.1) is 0 Å². The fraction of sp³-hybridized carbons (Fsp3) is 0. The van der Waals surface area contributed by atoms with Crippen molar-refractivity contribution in [3.63, 3.8) is 0 Å². The Kier molecular flexibility index (Phi) is 52.0. The van der Waals surface area contributed by atoms with E-state index in [0.29, 0.717) is 0 Å². The molecule has 0 fully saturated rings. The summed E-state index contributed by atoms with van der Waals surface area (Å²) in [5.74, 6) is 0. The molecule has 0 radical (unpaired) electrons. The van der Waals surface area contributed by atoms with Gasteiger partial charge < -0.3 is 19.2 Å². The summed E-state index contributed by atoms with van der Waals surface area (Å²) in [6.07, 6.45) is 0. The van der Waals surface area contributed by atoms with Crippen molar-refractivity contribution in [3.05, 3.63) is 0 Å². The molecule has 9 heavy (non-hydrogen) atoms. The average Bonchev–Trinajstić information content (AvgIpc) is 0.722. The largest absolute Gasteiger partial charge is 2.00 e. The van der Waals surface area contributed by atoms with Gasteiger partial charge in [0, 0.05) is 0 Å². The fourth-order valence-electron chi connectivity index (χ4n) is 0. The molecule has 0 amide bonds. The summed E-state index contributed by atoms with van der Waals surface area (Å²) < 4.78 is 8.55. The molecule has 32 valence electrons. The van der Waals surface area contributed by atoms with E-state index in [0.717, 1.165) is 0 Å². The zero-order chi connectivity index (χ0) is 4.50. The summed E-state index contributed by atoms with van der Waals surface area (Å²) in [5, 5.41) is 0. The number of hydrogen-bond acceptors (Lipinski definition) is 4. The van der Waals surface area contributed by atoms with Gasteiger partial charge in [-0.25, -0.2) is 0 Å². The third-order valence-electron chi connectivity index (χ3n) is 0. The zero-order valence-electron chi connectivity index (χ0n) is 5.20. The van der Waals surface area contributed by atoms with Crippen molar-refractivity contribution >= 4 is 121 Å². The normalized spacial score (nSPS) is 6.56. The van der Waals surface area contributed by atoms with Crippen LogP contribution in [0.3, 0.4) is 0 Å². The third kappa shape index (κ3) is 58.8. The molecule has 9 heteroatoms. The van der Waals surface area contributed by atoms with Gasteiger partial charge in [0.2, 0.25) is 0 Å². The smallest absolute Gasteiger partial charge is 0.822 e. The molecule has 0 aromatic carbocycles. The Labute approximate surface area is 186 Å². The first-order valence-electron chi connectivity index (χ1n) is 0.730. The minimum atomic E-state index is -5.39. The standard InChI is InChI=1S/3Ca.K.H3O4P/c;;;;1-5(2,3)4/h;;;;(H3,1,2,3,4)/q3*+2;+1;/p-3. The molecule has 0 aliphatic rings. The van der Waals surface area contributed by atoms with Gasteiger partial charge in [-0.3, -0.25) is 0 Å². The molecular formula is Ca3KO4P+4. The van der Waals surface area contributed by atoms with Gasteiger partial charge in [0.25, 0.3) is 0 Å². The molecule has 0 atom stereocenters. The van der Waals surface area contributed by atoms with Gasteiger partial charge in [0.15, 0.2) is 0 Å². The van der Waals surface area contributed by atoms with E-state index in [-0.39, 0.29) is 165 Å². The van der Waals surface area contributed by atoms with Crippen LogP contribution >= 0.6 is 7.82 Å². The topological polar surface area (TPSA) is 86.2 Å². The van der Waals surface area contributed by atoms with E-state index in [4.69, 9.17) is 19.2 Å². The number of hydrogen-bond donors (Lipinski definition) is 0. The first kappa shape index (κ1) is 29.3. The van der Waals surface area contributed by atoms with Crippen molar-refractivity contribution in [3.8, 4) is 0 Å². The summed E-state index contributed by atoms with van der Waals surface area (Å²) in [7, 11) is -5.39. The second-order valence-corrected chi connectivity index (χ2v) is 1.34. The van der Waals surface area contributed by atoms with Crippen LogP contribution in [0.5, 0.6) is 0 Å². The van der Waals surface area contributed by atoms with Crippen LogP contribution in [-0.2, 0) is 4.57 Å². The van der Waals surface area contributed by atoms with Crippen molar-refractivity contribution in [2.45, 2.75) is 0 Å². The van der Waals surface area contributed by atoms with Gasteiger partial charge in [-0.05, 0) is 0 Å². The summed E-state index contributed by atoms with van der Waals surface area (Å²) in [5.41, 5.74) is 0. The van der Waals surface area contributed by atoms with Gasteiger partial charge in [-0.2, -0.15) is 7.82 Å². The molecule has 4 nitrogen and oxygen atoms in total. The van der Waals surface area contributed by atoms with Crippen molar-refractivity contribution in [1.82, 2.24) is 0 Å². The number of phosphoric acid groups is 1. The Bertz CT molecular complexity index is 61.9. The van der Waals surface area contributed by atoms with Crippen LogP contribution in [-0.4, -0.2) is 113 Å². The SMILES string of the molecule is O=P([O-])([O-])[O-].[Ca+2].[Ca+2].[Ca+2].[K+]. The average molecular weight is 254 g/mol. The minimum Gasteiger partial charge on any atom is -0.822 e. The molecule has 0 heterocycles. The van der Waals surface area contributed by atoms with Crippen LogP contribution in [0.15, 0.2) is 0 Å². The third-order valence-corrected chi connectivity index (χ3v) is 0. The van der Waals surface area contributed by atoms with E-state index in [2.05, 4.69) is 0 Å². The molecule has 0 aliphatic heterocycles. The second kappa shape index (κ2) is 16.0. The monoisotopic (exact) mass is 254 g/mol. The Balaban J connectivity index is -0.0000000133. The van der Waals surface area contributed by atoms with E-state index in [1.807, 2.05) is 0 Å². The fourth-order valence-corrected chi connectivity index (χ4v) is 0. The van der Waals surface area contributed by atoms with Crippen LogP contribution in [0.4, 0.5) is 0 Å². The van der Waals surface area contributed by atoms with Crippen molar-refractivity contribution in [2.24, 2.45) is 0 Å². The minimum absolute atomic E-state index is 0. The Morgan fingerprint density at radius 1 is 0.889 bits per heavy atom. The van der Waals surface area contributed by atoms with Crippen LogP contribution in [0.1, 0.15) is 0 Å². The van der Waals surface area contributed by atoms with Crippen LogP contribution in [0.2, 0.25) is 0 Å². The van der Waals surface area contributed by atoms with Gasteiger partial charge in [-0.15, -0.1) is 0 Å². The van der Waals surface area contributed by atoms with Gasteiger partial charge in [-0.1, -0.05) is 0 Å². The molecule has 0 bridgehead atoms. The molecule has 0 spiro atoms. The Morgan fingerprint density at radius 2 is 0.889 bits per heavy atom. The Morgan fingerprint density at radius 3 is 0.889 bits per heavy atom. The van der Waals surface area contributed by atoms with Crippen molar-refractivity contribution in [1.29, 1.82) is 0 Å². The Hall–Kier alpha value is 5.53. The predicted molar refractivity (Wildman–Crippen MR) is 24.9 cm³/mol. The van der Waals surface area contributed by atoms with Crippen molar-refractivity contribution in [2.75, 3.05) is 0 Å². The number of rotatable bonds is 0. The quantitative estimate of drug-likeness (QED) is 0.317. The van der Waals surface area contributed by atoms with Crippen molar-refractivity contribution < 1.29 is 70.6 Å². The zero-order valence-corrected chi connectivity index (χ0v) is 15.8. The predicted octanol–water partition coefficient (Wildman–Crippen LogP) is -6.96. The first-order chi connectivity index (χ1) is 2.00. The summed E-state index contributed by atoms with van der Waals surface area (Å²) in [6, 6.07) is 0. The maximum absolute atomic E-state index is 8.55. The molecule has 0 aromatic rings. The molecule has 0 saturated heterocycles. The molecule has 0 unspecified atom stereocenters. The van der Waals surface area contributed by atoms with E-state index >= 15 is 0 Å². The van der Waals surface area contributed by atoms with Gasteiger partial charge >= 0.3 is 165 Å². The molecule has 0 N–H and O–H groups in total. The van der Waals surface area contributed by atoms with Gasteiger partial charge in [0.1, 0.15) is 0 Å².